The predicted molar refractivity (Wildman–Crippen MR) is 69.2 cm³/mol. The van der Waals surface area contributed by atoms with E-state index in [4.69, 9.17) is 0 Å². The standard InChI is InChI=1S/C10H16N2O4S2/c1-9-5-3-4-6-10(9)18(15,16)12-8-7-11-17(2,13)14/h3-6,11-12H,7-8H2,1-2H3. The van der Waals surface area contributed by atoms with E-state index < -0.39 is 20.0 Å². The van der Waals surface area contributed by atoms with E-state index in [1.807, 2.05) is 0 Å². The molecule has 2 N–H and O–H groups in total. The highest BCUT2D eigenvalue weighted by Gasteiger charge is 2.15. The summed E-state index contributed by atoms with van der Waals surface area (Å²) in [4.78, 5) is 0.198. The van der Waals surface area contributed by atoms with E-state index in [0.717, 1.165) is 6.26 Å². The second-order valence-corrected chi connectivity index (χ2v) is 7.40. The van der Waals surface area contributed by atoms with Gasteiger partial charge in [-0.1, -0.05) is 18.2 Å². The van der Waals surface area contributed by atoms with Crippen LogP contribution >= 0.6 is 0 Å². The fraction of sp³-hybridized carbons (Fsp3) is 0.400. The Labute approximate surface area is 108 Å². The molecule has 1 aromatic carbocycles. The van der Waals surface area contributed by atoms with Gasteiger partial charge in [-0.3, -0.25) is 0 Å². The summed E-state index contributed by atoms with van der Waals surface area (Å²) in [6, 6.07) is 6.58. The third-order valence-electron chi connectivity index (χ3n) is 2.16. The fourth-order valence-corrected chi connectivity index (χ4v) is 3.11. The van der Waals surface area contributed by atoms with E-state index in [2.05, 4.69) is 9.44 Å². The number of rotatable bonds is 6. The third-order valence-corrected chi connectivity index (χ3v) is 4.51. The molecule has 0 atom stereocenters. The molecule has 0 aliphatic carbocycles. The number of hydrogen-bond donors (Lipinski definition) is 2. The summed E-state index contributed by atoms with van der Waals surface area (Å²) in [6.45, 7) is 1.72. The SMILES string of the molecule is Cc1ccccc1S(=O)(=O)NCCNS(C)(=O)=O. The van der Waals surface area contributed by atoms with Gasteiger partial charge < -0.3 is 0 Å². The van der Waals surface area contributed by atoms with Crippen molar-refractivity contribution in [2.45, 2.75) is 11.8 Å². The molecule has 0 fully saturated rings. The van der Waals surface area contributed by atoms with Crippen LogP contribution < -0.4 is 9.44 Å². The number of sulfonamides is 2. The van der Waals surface area contributed by atoms with Crippen LogP contribution in [0.15, 0.2) is 29.2 Å². The summed E-state index contributed by atoms with van der Waals surface area (Å²) in [7, 11) is -6.89. The van der Waals surface area contributed by atoms with Crippen molar-refractivity contribution in [1.29, 1.82) is 0 Å². The molecule has 1 rings (SSSR count). The highest BCUT2D eigenvalue weighted by Crippen LogP contribution is 2.13. The Hall–Kier alpha value is -0.960. The molecule has 0 aliphatic heterocycles. The van der Waals surface area contributed by atoms with Crippen molar-refractivity contribution in [3.8, 4) is 0 Å². The van der Waals surface area contributed by atoms with E-state index >= 15 is 0 Å². The quantitative estimate of drug-likeness (QED) is 0.712. The molecule has 0 heterocycles. The highest BCUT2D eigenvalue weighted by molar-refractivity contribution is 7.89. The molecule has 0 radical (unpaired) electrons. The average Bonchev–Trinajstić information content (AvgIpc) is 2.24. The van der Waals surface area contributed by atoms with Crippen LogP contribution in [0.4, 0.5) is 0 Å². The zero-order valence-corrected chi connectivity index (χ0v) is 11.8. The number of nitrogens with one attached hydrogen (secondary N) is 2. The van der Waals surface area contributed by atoms with Crippen LogP contribution in [0.3, 0.4) is 0 Å². The van der Waals surface area contributed by atoms with Gasteiger partial charge in [-0.2, -0.15) is 0 Å². The lowest BCUT2D eigenvalue weighted by Gasteiger charge is -2.09. The summed E-state index contributed by atoms with van der Waals surface area (Å²) < 4.78 is 49.9. The van der Waals surface area contributed by atoms with Crippen molar-refractivity contribution in [2.24, 2.45) is 0 Å². The number of benzene rings is 1. The van der Waals surface area contributed by atoms with Crippen molar-refractivity contribution >= 4 is 20.0 Å². The van der Waals surface area contributed by atoms with Gasteiger partial charge in [0.25, 0.3) is 0 Å². The first-order valence-electron chi connectivity index (χ1n) is 5.22. The second kappa shape index (κ2) is 5.79. The van der Waals surface area contributed by atoms with Crippen LogP contribution in [-0.4, -0.2) is 36.2 Å². The molecule has 0 spiro atoms. The normalized spacial score (nSPS) is 12.6. The first-order chi connectivity index (χ1) is 8.22. The molecular weight excluding hydrogens is 276 g/mol. The van der Waals surface area contributed by atoms with Gasteiger partial charge in [0.2, 0.25) is 20.0 Å². The Morgan fingerprint density at radius 3 is 2.11 bits per heavy atom. The van der Waals surface area contributed by atoms with Gasteiger partial charge in [0.05, 0.1) is 11.2 Å². The smallest absolute Gasteiger partial charge is 0.214 e. The molecule has 0 aromatic heterocycles. The Kier molecular flexibility index (Phi) is 4.85. The topological polar surface area (TPSA) is 92.3 Å². The van der Waals surface area contributed by atoms with Crippen molar-refractivity contribution < 1.29 is 16.8 Å². The first-order valence-corrected chi connectivity index (χ1v) is 8.60. The van der Waals surface area contributed by atoms with E-state index in [1.54, 1.807) is 25.1 Å². The molecule has 0 amide bonds. The Bertz CT molecular complexity index is 609. The van der Waals surface area contributed by atoms with Crippen LogP contribution in [0.25, 0.3) is 0 Å². The molecule has 8 heteroatoms. The minimum Gasteiger partial charge on any atom is -0.214 e. The lowest BCUT2D eigenvalue weighted by molar-refractivity contribution is 0.573. The largest absolute Gasteiger partial charge is 0.240 e. The first kappa shape index (κ1) is 15.1. The summed E-state index contributed by atoms with van der Waals surface area (Å²) >= 11 is 0. The maximum atomic E-state index is 11.9. The van der Waals surface area contributed by atoms with E-state index in [0.29, 0.717) is 5.56 Å². The zero-order chi connectivity index (χ0) is 13.8. The molecule has 0 bridgehead atoms. The van der Waals surface area contributed by atoms with Gasteiger partial charge in [0.15, 0.2) is 0 Å². The van der Waals surface area contributed by atoms with Gasteiger partial charge in [-0.15, -0.1) is 0 Å². The van der Waals surface area contributed by atoms with Gasteiger partial charge in [0.1, 0.15) is 0 Å². The highest BCUT2D eigenvalue weighted by atomic mass is 32.2. The van der Waals surface area contributed by atoms with Gasteiger partial charge >= 0.3 is 0 Å². The average molecular weight is 292 g/mol. The van der Waals surface area contributed by atoms with Gasteiger partial charge in [-0.25, -0.2) is 26.3 Å². The van der Waals surface area contributed by atoms with Gasteiger partial charge in [-0.05, 0) is 18.6 Å². The molecule has 1 aromatic rings. The second-order valence-electron chi connectivity index (χ2n) is 3.83. The fourth-order valence-electron chi connectivity index (χ4n) is 1.36. The minimum atomic E-state index is -3.59. The molecule has 0 saturated heterocycles. The van der Waals surface area contributed by atoms with Crippen LogP contribution in [0.2, 0.25) is 0 Å². The molecule has 0 saturated carbocycles. The number of aryl methyl sites for hydroxylation is 1. The molecule has 102 valence electrons. The van der Waals surface area contributed by atoms with E-state index in [-0.39, 0.29) is 18.0 Å². The summed E-state index contributed by atoms with van der Waals surface area (Å²) in [5, 5.41) is 0. The summed E-state index contributed by atoms with van der Waals surface area (Å²) in [6.07, 6.45) is 1.02. The lowest BCUT2D eigenvalue weighted by atomic mass is 10.2. The summed E-state index contributed by atoms with van der Waals surface area (Å²) in [5.74, 6) is 0. The Morgan fingerprint density at radius 1 is 1.00 bits per heavy atom. The van der Waals surface area contributed by atoms with Crippen molar-refractivity contribution in [1.82, 2.24) is 9.44 Å². The Morgan fingerprint density at radius 2 is 1.56 bits per heavy atom. The molecule has 0 aliphatic rings. The third kappa shape index (κ3) is 4.73. The molecule has 18 heavy (non-hydrogen) atoms. The molecule has 0 unspecified atom stereocenters. The monoisotopic (exact) mass is 292 g/mol. The van der Waals surface area contributed by atoms with Crippen LogP contribution in [0.1, 0.15) is 5.56 Å². The maximum Gasteiger partial charge on any atom is 0.240 e. The molecule has 6 nitrogen and oxygen atoms in total. The van der Waals surface area contributed by atoms with Crippen LogP contribution in [-0.2, 0) is 20.0 Å². The van der Waals surface area contributed by atoms with E-state index in [9.17, 15) is 16.8 Å². The maximum absolute atomic E-state index is 11.9. The van der Waals surface area contributed by atoms with Crippen LogP contribution in [0.5, 0.6) is 0 Å². The zero-order valence-electron chi connectivity index (χ0n) is 10.2. The predicted octanol–water partition coefficient (Wildman–Crippen LogP) is -0.177. The molecular formula is C10H16N2O4S2. The van der Waals surface area contributed by atoms with Crippen molar-refractivity contribution in [3.05, 3.63) is 29.8 Å². The van der Waals surface area contributed by atoms with E-state index in [1.165, 1.54) is 6.07 Å². The van der Waals surface area contributed by atoms with Crippen molar-refractivity contribution in [2.75, 3.05) is 19.3 Å². The van der Waals surface area contributed by atoms with Gasteiger partial charge in [0, 0.05) is 13.1 Å². The minimum absolute atomic E-state index is 0.00371. The lowest BCUT2D eigenvalue weighted by Crippen LogP contribution is -2.34. The number of hydrogen-bond acceptors (Lipinski definition) is 4. The summed E-state index contributed by atoms with van der Waals surface area (Å²) in [5.41, 5.74) is 0.640. The van der Waals surface area contributed by atoms with Crippen molar-refractivity contribution in [3.63, 3.8) is 0 Å². The van der Waals surface area contributed by atoms with Crippen LogP contribution in [0, 0.1) is 6.92 Å². The Balaban J connectivity index is 2.65.